The fourth-order valence-electron chi connectivity index (χ4n) is 2.92. The number of anilines is 1. The standard InChI is InChI=1S/C20H21N3O/c1-15(24)19(17-11-5-7-13-21-17)20(16-9-3-2-4-10-16)23-18-12-6-8-14-22-18/h2-15,19-20,24H,1H3,(H,22,23). The molecule has 4 heteroatoms. The SMILES string of the molecule is CC(O)C(c1ccccn1)C(Nc1ccccn1)c1ccccc1. The van der Waals surface area contributed by atoms with Crippen LogP contribution in [0.1, 0.15) is 30.1 Å². The third-order valence-electron chi connectivity index (χ3n) is 4.04. The second-order valence-corrected chi connectivity index (χ2v) is 5.77. The van der Waals surface area contributed by atoms with E-state index in [2.05, 4.69) is 27.4 Å². The number of nitrogens with zero attached hydrogens (tertiary/aromatic N) is 2. The fourth-order valence-corrected chi connectivity index (χ4v) is 2.92. The number of benzene rings is 1. The minimum Gasteiger partial charge on any atom is -0.393 e. The van der Waals surface area contributed by atoms with Crippen LogP contribution < -0.4 is 5.32 Å². The molecule has 0 bridgehead atoms. The number of aliphatic hydroxyl groups excluding tert-OH is 1. The van der Waals surface area contributed by atoms with Crippen molar-refractivity contribution in [1.29, 1.82) is 0 Å². The van der Waals surface area contributed by atoms with Crippen LogP contribution in [0, 0.1) is 0 Å². The third-order valence-corrected chi connectivity index (χ3v) is 4.04. The Morgan fingerprint density at radius 2 is 1.50 bits per heavy atom. The van der Waals surface area contributed by atoms with Gasteiger partial charge in [0.05, 0.1) is 18.1 Å². The van der Waals surface area contributed by atoms with Crippen LogP contribution in [0.15, 0.2) is 79.1 Å². The number of pyridine rings is 2. The Hall–Kier alpha value is -2.72. The van der Waals surface area contributed by atoms with Crippen LogP contribution >= 0.6 is 0 Å². The van der Waals surface area contributed by atoms with E-state index in [9.17, 15) is 5.11 Å². The highest BCUT2D eigenvalue weighted by Crippen LogP contribution is 2.35. The van der Waals surface area contributed by atoms with Crippen molar-refractivity contribution in [1.82, 2.24) is 9.97 Å². The van der Waals surface area contributed by atoms with E-state index in [1.165, 1.54) is 0 Å². The number of hydrogen-bond donors (Lipinski definition) is 2. The van der Waals surface area contributed by atoms with Crippen molar-refractivity contribution < 1.29 is 5.11 Å². The summed E-state index contributed by atoms with van der Waals surface area (Å²) in [5.41, 5.74) is 1.93. The van der Waals surface area contributed by atoms with Gasteiger partial charge in [0.1, 0.15) is 5.82 Å². The van der Waals surface area contributed by atoms with E-state index in [0.29, 0.717) is 0 Å². The van der Waals surface area contributed by atoms with E-state index in [1.807, 2.05) is 54.6 Å². The van der Waals surface area contributed by atoms with Gasteiger partial charge in [0.15, 0.2) is 0 Å². The zero-order valence-corrected chi connectivity index (χ0v) is 13.6. The molecule has 2 N–H and O–H groups in total. The van der Waals surface area contributed by atoms with Gasteiger partial charge in [-0.3, -0.25) is 4.98 Å². The molecule has 0 saturated heterocycles. The van der Waals surface area contributed by atoms with Crippen LogP contribution in [0.2, 0.25) is 0 Å². The summed E-state index contributed by atoms with van der Waals surface area (Å²) in [5.74, 6) is 0.573. The lowest BCUT2D eigenvalue weighted by Gasteiger charge is -2.30. The minimum absolute atomic E-state index is 0.143. The van der Waals surface area contributed by atoms with Crippen molar-refractivity contribution in [3.05, 3.63) is 90.4 Å². The normalized spacial score (nSPS) is 14.6. The highest BCUT2D eigenvalue weighted by molar-refractivity contribution is 5.40. The van der Waals surface area contributed by atoms with Crippen molar-refractivity contribution in [2.45, 2.75) is 25.0 Å². The molecule has 0 spiro atoms. The Morgan fingerprint density at radius 1 is 0.833 bits per heavy atom. The van der Waals surface area contributed by atoms with Crippen molar-refractivity contribution in [2.75, 3.05) is 5.32 Å². The topological polar surface area (TPSA) is 58.0 Å². The van der Waals surface area contributed by atoms with Gasteiger partial charge in [-0.1, -0.05) is 42.5 Å². The molecule has 4 nitrogen and oxygen atoms in total. The van der Waals surface area contributed by atoms with E-state index in [4.69, 9.17) is 0 Å². The number of hydrogen-bond acceptors (Lipinski definition) is 4. The van der Waals surface area contributed by atoms with E-state index in [-0.39, 0.29) is 12.0 Å². The number of aromatic nitrogens is 2. The molecule has 3 unspecified atom stereocenters. The molecule has 3 rings (SSSR count). The second-order valence-electron chi connectivity index (χ2n) is 5.77. The summed E-state index contributed by atoms with van der Waals surface area (Å²) in [6.07, 6.45) is 2.94. The van der Waals surface area contributed by atoms with Crippen LogP contribution in [0.4, 0.5) is 5.82 Å². The molecule has 2 heterocycles. The molecule has 0 aliphatic rings. The van der Waals surface area contributed by atoms with Crippen LogP contribution in [0.5, 0.6) is 0 Å². The van der Waals surface area contributed by atoms with Crippen molar-refractivity contribution in [2.24, 2.45) is 0 Å². The highest BCUT2D eigenvalue weighted by Gasteiger charge is 2.30. The first-order valence-electron chi connectivity index (χ1n) is 8.07. The molecule has 0 amide bonds. The first-order chi connectivity index (χ1) is 11.8. The highest BCUT2D eigenvalue weighted by atomic mass is 16.3. The third kappa shape index (κ3) is 3.78. The maximum Gasteiger partial charge on any atom is 0.126 e. The summed E-state index contributed by atoms with van der Waals surface area (Å²) in [6, 6.07) is 21.5. The van der Waals surface area contributed by atoms with Crippen molar-refractivity contribution >= 4 is 5.82 Å². The maximum atomic E-state index is 10.5. The summed E-state index contributed by atoms with van der Waals surface area (Å²) < 4.78 is 0. The summed E-state index contributed by atoms with van der Waals surface area (Å²) in [4.78, 5) is 8.83. The van der Waals surface area contributed by atoms with Gasteiger partial charge in [0.25, 0.3) is 0 Å². The molecule has 24 heavy (non-hydrogen) atoms. The lowest BCUT2D eigenvalue weighted by molar-refractivity contribution is 0.150. The quantitative estimate of drug-likeness (QED) is 0.725. The number of nitrogens with one attached hydrogen (secondary N) is 1. The van der Waals surface area contributed by atoms with Crippen LogP contribution in [0.3, 0.4) is 0 Å². The smallest absolute Gasteiger partial charge is 0.126 e. The molecule has 3 aromatic rings. The molecular formula is C20H21N3O. The van der Waals surface area contributed by atoms with Gasteiger partial charge in [-0.05, 0) is 36.8 Å². The van der Waals surface area contributed by atoms with E-state index >= 15 is 0 Å². The summed E-state index contributed by atoms with van der Waals surface area (Å²) in [6.45, 7) is 1.80. The zero-order valence-electron chi connectivity index (χ0n) is 13.6. The summed E-state index contributed by atoms with van der Waals surface area (Å²) in [5, 5.41) is 13.9. The first kappa shape index (κ1) is 16.1. The number of aliphatic hydroxyl groups is 1. The van der Waals surface area contributed by atoms with Gasteiger partial charge in [0, 0.05) is 18.1 Å². The van der Waals surface area contributed by atoms with E-state index in [0.717, 1.165) is 17.1 Å². The minimum atomic E-state index is -0.568. The van der Waals surface area contributed by atoms with Crippen molar-refractivity contribution in [3.8, 4) is 0 Å². The average molecular weight is 319 g/mol. The largest absolute Gasteiger partial charge is 0.393 e. The molecular weight excluding hydrogens is 298 g/mol. The Morgan fingerprint density at radius 3 is 2.08 bits per heavy atom. The monoisotopic (exact) mass is 319 g/mol. The summed E-state index contributed by atoms with van der Waals surface area (Å²) in [7, 11) is 0. The fraction of sp³-hybridized carbons (Fsp3) is 0.200. The van der Waals surface area contributed by atoms with Gasteiger partial charge >= 0.3 is 0 Å². The molecule has 0 saturated carbocycles. The predicted molar refractivity (Wildman–Crippen MR) is 95.7 cm³/mol. The van der Waals surface area contributed by atoms with Gasteiger partial charge in [-0.25, -0.2) is 4.98 Å². The Balaban J connectivity index is 2.02. The number of rotatable bonds is 6. The molecule has 2 aromatic heterocycles. The predicted octanol–water partition coefficient (Wildman–Crippen LogP) is 3.79. The summed E-state index contributed by atoms with van der Waals surface area (Å²) >= 11 is 0. The van der Waals surface area contributed by atoms with E-state index in [1.54, 1.807) is 19.3 Å². The lowest BCUT2D eigenvalue weighted by Crippen LogP contribution is -2.28. The molecule has 0 fully saturated rings. The molecule has 0 radical (unpaired) electrons. The van der Waals surface area contributed by atoms with Gasteiger partial charge in [-0.15, -0.1) is 0 Å². The van der Waals surface area contributed by atoms with Crippen LogP contribution in [-0.2, 0) is 0 Å². The average Bonchev–Trinajstić information content (AvgIpc) is 2.63. The zero-order chi connectivity index (χ0) is 16.8. The molecule has 1 aromatic carbocycles. The van der Waals surface area contributed by atoms with Crippen molar-refractivity contribution in [3.63, 3.8) is 0 Å². The molecule has 0 aliphatic heterocycles. The maximum absolute atomic E-state index is 10.5. The lowest BCUT2D eigenvalue weighted by atomic mass is 9.86. The van der Waals surface area contributed by atoms with Gasteiger partial charge < -0.3 is 10.4 Å². The van der Waals surface area contributed by atoms with E-state index < -0.39 is 6.10 Å². The Kier molecular flexibility index (Phi) is 5.18. The molecule has 3 atom stereocenters. The molecule has 122 valence electrons. The van der Waals surface area contributed by atoms with Crippen LogP contribution in [0.25, 0.3) is 0 Å². The second kappa shape index (κ2) is 7.70. The first-order valence-corrected chi connectivity index (χ1v) is 8.07. The van der Waals surface area contributed by atoms with Gasteiger partial charge in [0.2, 0.25) is 0 Å². The van der Waals surface area contributed by atoms with Crippen LogP contribution in [-0.4, -0.2) is 21.2 Å². The van der Waals surface area contributed by atoms with Gasteiger partial charge in [-0.2, -0.15) is 0 Å². The molecule has 0 aliphatic carbocycles. The Bertz CT molecular complexity index is 733. The Labute approximate surface area is 142 Å².